The standard InChI is InChI=1S/C13H12F3N3O2/c14-13(15,16)8-3-4-11(19-17)10(6-8)12(20)18-7-9-2-1-5-21-9/h1-6,19H,7,17H2,(H,18,20). The number of carbonyl (C=O) groups excluding carboxylic acids is 1. The molecular formula is C13H12F3N3O2. The Labute approximate surface area is 117 Å². The third kappa shape index (κ3) is 3.54. The fraction of sp³-hybridized carbons (Fsp3) is 0.154. The second-order valence-electron chi connectivity index (χ2n) is 4.16. The Morgan fingerprint density at radius 3 is 2.62 bits per heavy atom. The minimum Gasteiger partial charge on any atom is -0.467 e. The molecular weight excluding hydrogens is 287 g/mol. The predicted octanol–water partition coefficient (Wildman–Crippen LogP) is 2.51. The monoisotopic (exact) mass is 299 g/mol. The maximum Gasteiger partial charge on any atom is 0.416 e. The fourth-order valence-corrected chi connectivity index (χ4v) is 1.71. The first kappa shape index (κ1) is 14.9. The average Bonchev–Trinajstić information content (AvgIpc) is 2.96. The molecule has 0 saturated heterocycles. The molecule has 8 heteroatoms. The van der Waals surface area contributed by atoms with Gasteiger partial charge in [-0.1, -0.05) is 0 Å². The number of halogens is 3. The SMILES string of the molecule is NNc1ccc(C(F)(F)F)cc1C(=O)NCc1ccco1. The number of nitrogens with one attached hydrogen (secondary N) is 2. The number of nitrogens with two attached hydrogens (primary N) is 1. The second-order valence-corrected chi connectivity index (χ2v) is 4.16. The minimum absolute atomic E-state index is 0.0616. The Morgan fingerprint density at radius 1 is 1.29 bits per heavy atom. The number of hydrogen-bond donors (Lipinski definition) is 3. The molecule has 0 fully saturated rings. The zero-order valence-corrected chi connectivity index (χ0v) is 10.7. The lowest BCUT2D eigenvalue weighted by atomic mass is 10.1. The fourth-order valence-electron chi connectivity index (χ4n) is 1.71. The summed E-state index contributed by atoms with van der Waals surface area (Å²) in [6.45, 7) is 0.0616. The van der Waals surface area contributed by atoms with Gasteiger partial charge in [-0.15, -0.1) is 0 Å². The van der Waals surface area contributed by atoms with Crippen LogP contribution in [-0.4, -0.2) is 5.91 Å². The first-order chi connectivity index (χ1) is 9.91. The van der Waals surface area contributed by atoms with Gasteiger partial charge in [-0.2, -0.15) is 13.2 Å². The molecule has 21 heavy (non-hydrogen) atoms. The highest BCUT2D eigenvalue weighted by Gasteiger charge is 2.31. The number of hydrogen-bond acceptors (Lipinski definition) is 4. The maximum atomic E-state index is 12.7. The van der Waals surface area contributed by atoms with Crippen molar-refractivity contribution in [2.24, 2.45) is 5.84 Å². The number of nitrogen functional groups attached to an aromatic ring is 1. The van der Waals surface area contributed by atoms with Crippen LogP contribution in [0, 0.1) is 0 Å². The summed E-state index contributed by atoms with van der Waals surface area (Å²) in [4.78, 5) is 12.0. The highest BCUT2D eigenvalue weighted by Crippen LogP contribution is 2.31. The van der Waals surface area contributed by atoms with Gasteiger partial charge >= 0.3 is 6.18 Å². The molecule has 0 bridgehead atoms. The quantitative estimate of drug-likeness (QED) is 0.598. The summed E-state index contributed by atoms with van der Waals surface area (Å²) in [5, 5.41) is 2.46. The first-order valence-electron chi connectivity index (χ1n) is 5.90. The van der Waals surface area contributed by atoms with Gasteiger partial charge in [0.25, 0.3) is 5.91 Å². The largest absolute Gasteiger partial charge is 0.467 e. The Morgan fingerprint density at radius 2 is 2.05 bits per heavy atom. The summed E-state index contributed by atoms with van der Waals surface area (Å²) in [5.74, 6) is 5.00. The van der Waals surface area contributed by atoms with Crippen molar-refractivity contribution in [1.29, 1.82) is 0 Å². The lowest BCUT2D eigenvalue weighted by Crippen LogP contribution is -2.25. The van der Waals surface area contributed by atoms with Crippen molar-refractivity contribution < 1.29 is 22.4 Å². The Hall–Kier alpha value is -2.48. The number of rotatable bonds is 4. The average molecular weight is 299 g/mol. The van der Waals surface area contributed by atoms with Crippen LogP contribution in [0.5, 0.6) is 0 Å². The first-order valence-corrected chi connectivity index (χ1v) is 5.90. The summed E-state index contributed by atoms with van der Waals surface area (Å²) in [6.07, 6.45) is -3.11. The lowest BCUT2D eigenvalue weighted by molar-refractivity contribution is -0.137. The molecule has 5 nitrogen and oxygen atoms in total. The Balaban J connectivity index is 2.21. The van der Waals surface area contributed by atoms with Gasteiger partial charge in [0.1, 0.15) is 5.76 Å². The van der Waals surface area contributed by atoms with Gasteiger partial charge in [0.05, 0.1) is 29.6 Å². The van der Waals surface area contributed by atoms with Gasteiger partial charge in [0.15, 0.2) is 0 Å². The van der Waals surface area contributed by atoms with E-state index >= 15 is 0 Å². The van der Waals surface area contributed by atoms with Gasteiger partial charge < -0.3 is 15.2 Å². The number of amides is 1. The van der Waals surface area contributed by atoms with E-state index in [1.807, 2.05) is 0 Å². The normalized spacial score (nSPS) is 11.2. The molecule has 1 heterocycles. The van der Waals surface area contributed by atoms with Crippen molar-refractivity contribution in [3.63, 3.8) is 0 Å². The van der Waals surface area contributed by atoms with Crippen molar-refractivity contribution in [3.8, 4) is 0 Å². The summed E-state index contributed by atoms with van der Waals surface area (Å²) in [7, 11) is 0. The van der Waals surface area contributed by atoms with Crippen LogP contribution in [0.25, 0.3) is 0 Å². The molecule has 1 amide bonds. The summed E-state index contributed by atoms with van der Waals surface area (Å²) < 4.78 is 43.1. The smallest absolute Gasteiger partial charge is 0.416 e. The van der Waals surface area contributed by atoms with Gasteiger partial charge in [0.2, 0.25) is 0 Å². The van der Waals surface area contributed by atoms with E-state index < -0.39 is 17.6 Å². The van der Waals surface area contributed by atoms with Crippen LogP contribution in [0.1, 0.15) is 21.7 Å². The number of benzene rings is 1. The van der Waals surface area contributed by atoms with Crippen molar-refractivity contribution in [2.45, 2.75) is 12.7 Å². The van der Waals surface area contributed by atoms with Crippen LogP contribution in [0.2, 0.25) is 0 Å². The topological polar surface area (TPSA) is 80.3 Å². The molecule has 0 spiro atoms. The highest BCUT2D eigenvalue weighted by atomic mass is 19.4. The van der Waals surface area contributed by atoms with E-state index in [2.05, 4.69) is 10.7 Å². The molecule has 0 aliphatic heterocycles. The Kier molecular flexibility index (Phi) is 4.18. The van der Waals surface area contributed by atoms with Crippen LogP contribution in [0.3, 0.4) is 0 Å². The zero-order chi connectivity index (χ0) is 15.5. The van der Waals surface area contributed by atoms with Crippen LogP contribution in [0.15, 0.2) is 41.0 Å². The maximum absolute atomic E-state index is 12.7. The van der Waals surface area contributed by atoms with Crippen molar-refractivity contribution in [3.05, 3.63) is 53.5 Å². The molecule has 1 aromatic carbocycles. The minimum atomic E-state index is -4.54. The molecule has 2 rings (SSSR count). The van der Waals surface area contributed by atoms with E-state index in [1.54, 1.807) is 12.1 Å². The molecule has 0 saturated carbocycles. The molecule has 112 valence electrons. The lowest BCUT2D eigenvalue weighted by Gasteiger charge is -2.13. The predicted molar refractivity (Wildman–Crippen MR) is 69.1 cm³/mol. The second kappa shape index (κ2) is 5.88. The third-order valence-corrected chi connectivity index (χ3v) is 2.75. The van der Waals surface area contributed by atoms with Crippen LogP contribution in [0.4, 0.5) is 18.9 Å². The van der Waals surface area contributed by atoms with E-state index in [9.17, 15) is 18.0 Å². The number of hydrazine groups is 1. The van der Waals surface area contributed by atoms with E-state index in [4.69, 9.17) is 10.3 Å². The van der Waals surface area contributed by atoms with E-state index in [0.29, 0.717) is 5.76 Å². The van der Waals surface area contributed by atoms with Gasteiger partial charge in [0, 0.05) is 0 Å². The molecule has 2 aromatic rings. The molecule has 0 atom stereocenters. The van der Waals surface area contributed by atoms with Crippen LogP contribution >= 0.6 is 0 Å². The molecule has 0 unspecified atom stereocenters. The zero-order valence-electron chi connectivity index (χ0n) is 10.7. The highest BCUT2D eigenvalue weighted by molar-refractivity contribution is 5.99. The number of alkyl halides is 3. The summed E-state index contributed by atoms with van der Waals surface area (Å²) >= 11 is 0. The van der Waals surface area contributed by atoms with Gasteiger partial charge in [-0.25, -0.2) is 0 Å². The van der Waals surface area contributed by atoms with Crippen molar-refractivity contribution >= 4 is 11.6 Å². The summed E-state index contributed by atoms with van der Waals surface area (Å²) in [6, 6.07) is 5.96. The van der Waals surface area contributed by atoms with Gasteiger partial charge in [-0.3, -0.25) is 10.6 Å². The van der Waals surface area contributed by atoms with E-state index in [0.717, 1.165) is 18.2 Å². The molecule has 0 aliphatic rings. The molecule has 4 N–H and O–H groups in total. The van der Waals surface area contributed by atoms with Crippen LogP contribution in [-0.2, 0) is 12.7 Å². The van der Waals surface area contributed by atoms with Crippen molar-refractivity contribution in [2.75, 3.05) is 5.43 Å². The van der Waals surface area contributed by atoms with E-state index in [-0.39, 0.29) is 17.8 Å². The van der Waals surface area contributed by atoms with Crippen LogP contribution < -0.4 is 16.6 Å². The van der Waals surface area contributed by atoms with Gasteiger partial charge in [-0.05, 0) is 30.3 Å². The Bertz CT molecular complexity index is 624. The summed E-state index contributed by atoms with van der Waals surface area (Å²) in [5.41, 5.74) is 1.17. The van der Waals surface area contributed by atoms with E-state index in [1.165, 1.54) is 6.26 Å². The number of anilines is 1. The number of carbonyl (C=O) groups is 1. The number of furan rings is 1. The van der Waals surface area contributed by atoms with Crippen molar-refractivity contribution in [1.82, 2.24) is 5.32 Å². The third-order valence-electron chi connectivity index (χ3n) is 2.75. The molecule has 0 aliphatic carbocycles. The molecule has 1 aromatic heterocycles. The molecule has 0 radical (unpaired) electrons.